The molecule has 0 saturated heterocycles. The van der Waals surface area contributed by atoms with Crippen molar-refractivity contribution in [2.24, 2.45) is 0 Å². The van der Waals surface area contributed by atoms with E-state index in [1.54, 1.807) is 12.1 Å². The zero-order chi connectivity index (χ0) is 18.0. The van der Waals surface area contributed by atoms with Crippen molar-refractivity contribution in [3.63, 3.8) is 0 Å². The van der Waals surface area contributed by atoms with Crippen LogP contribution in [0.5, 0.6) is 0 Å². The van der Waals surface area contributed by atoms with E-state index in [-0.39, 0.29) is 20.9 Å². The van der Waals surface area contributed by atoms with Crippen LogP contribution < -0.4 is 4.72 Å². The van der Waals surface area contributed by atoms with E-state index >= 15 is 0 Å². The average molecular weight is 418 g/mol. The fourth-order valence-electron chi connectivity index (χ4n) is 2.02. The Morgan fingerprint density at radius 1 is 1.00 bits per heavy atom. The molecule has 6 nitrogen and oxygen atoms in total. The van der Waals surface area contributed by atoms with Crippen LogP contribution in [0, 0.1) is 0 Å². The van der Waals surface area contributed by atoms with Crippen molar-refractivity contribution in [2.45, 2.75) is 11.4 Å². The molecule has 2 aromatic carbocycles. The first kappa shape index (κ1) is 18.0. The van der Waals surface area contributed by atoms with E-state index < -0.39 is 10.0 Å². The normalized spacial score (nSPS) is 11.5. The Balaban J connectivity index is 1.75. The summed E-state index contributed by atoms with van der Waals surface area (Å²) in [6.45, 7) is 0.429. The Bertz CT molecular complexity index is 1000. The second kappa shape index (κ2) is 7.21. The summed E-state index contributed by atoms with van der Waals surface area (Å²) in [5, 5.41) is 5.15. The number of anilines is 1. The van der Waals surface area contributed by atoms with Crippen LogP contribution in [-0.2, 0) is 16.6 Å². The van der Waals surface area contributed by atoms with Gasteiger partial charge in [0.05, 0.1) is 21.5 Å². The third kappa shape index (κ3) is 4.43. The monoisotopic (exact) mass is 416 g/mol. The summed E-state index contributed by atoms with van der Waals surface area (Å²) >= 11 is 17.5. The van der Waals surface area contributed by atoms with Gasteiger partial charge in [0, 0.05) is 5.02 Å². The van der Waals surface area contributed by atoms with Gasteiger partial charge in [0.15, 0.2) is 0 Å². The molecule has 1 N–H and O–H groups in total. The van der Waals surface area contributed by atoms with Gasteiger partial charge >= 0.3 is 0 Å². The minimum atomic E-state index is -3.87. The number of nitrogens with one attached hydrogen (secondary N) is 1. The molecule has 0 aliphatic carbocycles. The Morgan fingerprint density at radius 2 is 1.72 bits per heavy atom. The molecule has 1 heterocycles. The van der Waals surface area contributed by atoms with Gasteiger partial charge in [-0.15, -0.1) is 5.10 Å². The van der Waals surface area contributed by atoms with E-state index in [0.717, 1.165) is 5.56 Å². The highest BCUT2D eigenvalue weighted by molar-refractivity contribution is 7.92. The average Bonchev–Trinajstić information content (AvgIpc) is 2.98. The molecule has 0 radical (unpaired) electrons. The Kier molecular flexibility index (Phi) is 5.19. The number of halogens is 3. The summed E-state index contributed by atoms with van der Waals surface area (Å²) < 4.78 is 28.5. The molecule has 130 valence electrons. The largest absolute Gasteiger partial charge is 0.264 e. The van der Waals surface area contributed by atoms with Crippen molar-refractivity contribution in [1.29, 1.82) is 0 Å². The SMILES string of the molecule is O=S(=O)(Nc1ncn(Cc2ccc(Cl)cc2)n1)c1ccc(Cl)c(Cl)c1. The van der Waals surface area contributed by atoms with E-state index in [4.69, 9.17) is 34.8 Å². The number of nitrogens with zero attached hydrogens (tertiary/aromatic N) is 3. The molecule has 0 aliphatic rings. The van der Waals surface area contributed by atoms with Gasteiger partial charge < -0.3 is 0 Å². The molecule has 3 aromatic rings. The van der Waals surface area contributed by atoms with Crippen molar-refractivity contribution >= 4 is 50.8 Å². The molecule has 0 saturated carbocycles. The lowest BCUT2D eigenvalue weighted by Crippen LogP contribution is -2.14. The van der Waals surface area contributed by atoms with Crippen LogP contribution in [0.25, 0.3) is 0 Å². The number of sulfonamides is 1. The minimum absolute atomic E-state index is 0.0315. The van der Waals surface area contributed by atoms with Gasteiger partial charge in [-0.05, 0) is 35.9 Å². The molecular weight excluding hydrogens is 407 g/mol. The quantitative estimate of drug-likeness (QED) is 0.678. The molecule has 0 atom stereocenters. The summed E-state index contributed by atoms with van der Waals surface area (Å²) in [7, 11) is -3.87. The van der Waals surface area contributed by atoms with Crippen LogP contribution >= 0.6 is 34.8 Å². The van der Waals surface area contributed by atoms with Crippen LogP contribution in [0.3, 0.4) is 0 Å². The van der Waals surface area contributed by atoms with Gasteiger partial charge in [0.2, 0.25) is 0 Å². The van der Waals surface area contributed by atoms with Crippen molar-refractivity contribution in [2.75, 3.05) is 4.72 Å². The minimum Gasteiger partial charge on any atom is -0.246 e. The van der Waals surface area contributed by atoms with Gasteiger partial charge in [-0.2, -0.15) is 4.98 Å². The second-order valence-corrected chi connectivity index (χ2v) is 8.01. The molecule has 0 amide bonds. The lowest BCUT2D eigenvalue weighted by Gasteiger charge is -2.06. The summed E-state index contributed by atoms with van der Waals surface area (Å²) in [4.78, 5) is 3.93. The Labute approximate surface area is 159 Å². The van der Waals surface area contributed by atoms with Crippen LogP contribution in [0.4, 0.5) is 5.95 Å². The van der Waals surface area contributed by atoms with Gasteiger partial charge in [0.25, 0.3) is 16.0 Å². The predicted octanol–water partition coefficient (Wildman–Crippen LogP) is 4.09. The lowest BCUT2D eigenvalue weighted by atomic mass is 10.2. The molecule has 0 spiro atoms. The molecule has 1 aromatic heterocycles. The highest BCUT2D eigenvalue weighted by atomic mass is 35.5. The summed E-state index contributed by atoms with van der Waals surface area (Å²) in [6, 6.07) is 11.2. The predicted molar refractivity (Wildman–Crippen MR) is 97.8 cm³/mol. The van der Waals surface area contributed by atoms with E-state index in [2.05, 4.69) is 14.8 Å². The van der Waals surface area contributed by atoms with Crippen LogP contribution in [0.2, 0.25) is 15.1 Å². The standard InChI is InChI=1S/C15H11Cl3N4O2S/c16-11-3-1-10(2-4-11)8-22-9-19-15(20-22)21-25(23,24)12-5-6-13(17)14(18)7-12/h1-7,9H,8H2,(H,20,21). The highest BCUT2D eigenvalue weighted by Crippen LogP contribution is 2.25. The van der Waals surface area contributed by atoms with Crippen LogP contribution in [-0.4, -0.2) is 23.2 Å². The topological polar surface area (TPSA) is 76.9 Å². The maximum absolute atomic E-state index is 12.4. The van der Waals surface area contributed by atoms with E-state index in [9.17, 15) is 8.42 Å². The third-order valence-electron chi connectivity index (χ3n) is 3.22. The third-order valence-corrected chi connectivity index (χ3v) is 5.54. The number of aromatic nitrogens is 3. The number of hydrogen-bond acceptors (Lipinski definition) is 4. The van der Waals surface area contributed by atoms with E-state index in [1.807, 2.05) is 12.1 Å². The molecule has 25 heavy (non-hydrogen) atoms. The van der Waals surface area contributed by atoms with Crippen LogP contribution in [0.15, 0.2) is 53.7 Å². The first-order valence-corrected chi connectivity index (χ1v) is 9.57. The van der Waals surface area contributed by atoms with Gasteiger partial charge in [-0.3, -0.25) is 0 Å². The van der Waals surface area contributed by atoms with Crippen LogP contribution in [0.1, 0.15) is 5.56 Å². The first-order valence-electron chi connectivity index (χ1n) is 6.95. The van der Waals surface area contributed by atoms with E-state index in [1.165, 1.54) is 29.2 Å². The molecule has 0 fully saturated rings. The smallest absolute Gasteiger partial charge is 0.246 e. The first-order chi connectivity index (χ1) is 11.8. The van der Waals surface area contributed by atoms with E-state index in [0.29, 0.717) is 11.6 Å². The summed E-state index contributed by atoms with van der Waals surface area (Å²) in [5.74, 6) is -0.0416. The Morgan fingerprint density at radius 3 is 2.40 bits per heavy atom. The zero-order valence-electron chi connectivity index (χ0n) is 12.5. The fourth-order valence-corrected chi connectivity index (χ4v) is 3.48. The second-order valence-electron chi connectivity index (χ2n) is 5.07. The molecular formula is C15H11Cl3N4O2S. The number of rotatable bonds is 5. The summed E-state index contributed by atoms with van der Waals surface area (Å²) in [6.07, 6.45) is 1.43. The number of hydrogen-bond donors (Lipinski definition) is 1. The van der Waals surface area contributed by atoms with Crippen molar-refractivity contribution in [3.05, 3.63) is 69.4 Å². The molecule has 3 rings (SSSR count). The zero-order valence-corrected chi connectivity index (χ0v) is 15.6. The molecule has 10 heteroatoms. The Hall–Kier alpha value is -1.80. The lowest BCUT2D eigenvalue weighted by molar-refractivity contribution is 0.600. The van der Waals surface area contributed by atoms with Crippen molar-refractivity contribution < 1.29 is 8.42 Å². The van der Waals surface area contributed by atoms with Gasteiger partial charge in [0.1, 0.15) is 6.33 Å². The van der Waals surface area contributed by atoms with Gasteiger partial charge in [-0.1, -0.05) is 46.9 Å². The van der Waals surface area contributed by atoms with Crippen molar-refractivity contribution in [3.8, 4) is 0 Å². The fraction of sp³-hybridized carbons (Fsp3) is 0.0667. The maximum Gasteiger partial charge on any atom is 0.264 e. The number of benzene rings is 2. The molecule has 0 aliphatic heterocycles. The molecule has 0 bridgehead atoms. The maximum atomic E-state index is 12.4. The van der Waals surface area contributed by atoms with Crippen molar-refractivity contribution in [1.82, 2.24) is 14.8 Å². The highest BCUT2D eigenvalue weighted by Gasteiger charge is 2.17. The van der Waals surface area contributed by atoms with Gasteiger partial charge in [-0.25, -0.2) is 17.8 Å². The summed E-state index contributed by atoms with van der Waals surface area (Å²) in [5.41, 5.74) is 0.952. The molecule has 0 unspecified atom stereocenters.